The van der Waals surface area contributed by atoms with Gasteiger partial charge in [-0.1, -0.05) is 6.07 Å². The Kier molecular flexibility index (Phi) is 5.57. The van der Waals surface area contributed by atoms with E-state index in [1.165, 1.54) is 23.9 Å². The molecule has 2 aromatic heterocycles. The molecule has 0 atom stereocenters. The summed E-state index contributed by atoms with van der Waals surface area (Å²) in [5.74, 6) is 0.437. The number of pyridine rings is 1. The second-order valence-corrected chi connectivity index (χ2v) is 5.84. The van der Waals surface area contributed by atoms with E-state index in [0.717, 1.165) is 17.7 Å². The Balaban J connectivity index is 1.90. The fraction of sp³-hybridized carbons (Fsp3) is 0.222. The first-order valence-electron chi connectivity index (χ1n) is 8.37. The molecule has 3 rings (SSSR count). The Labute approximate surface area is 158 Å². The maximum absolute atomic E-state index is 12.9. The van der Waals surface area contributed by atoms with Gasteiger partial charge in [0.2, 0.25) is 11.9 Å². The van der Waals surface area contributed by atoms with Crippen LogP contribution in [0.25, 0.3) is 11.4 Å². The predicted octanol–water partition coefficient (Wildman–Crippen LogP) is 3.24. The standard InChI is InChI=1S/C18H17F3N6O/c1-22-15(28)7-10-27-16(12-5-8-23-9-6-12)25-17(26-27)24-14-4-2-3-13(11-14)18(19,20)21/h2-6,8-9,11H,7,10H2,1H3,(H,22,28)(H,24,26). The number of alkyl halides is 3. The average molecular weight is 390 g/mol. The van der Waals surface area contributed by atoms with Crippen LogP contribution in [0.15, 0.2) is 48.8 Å². The highest BCUT2D eigenvalue weighted by molar-refractivity contribution is 5.75. The van der Waals surface area contributed by atoms with Crippen LogP contribution >= 0.6 is 0 Å². The summed E-state index contributed by atoms with van der Waals surface area (Å²) in [7, 11) is 1.54. The van der Waals surface area contributed by atoms with E-state index in [0.29, 0.717) is 5.82 Å². The number of benzene rings is 1. The van der Waals surface area contributed by atoms with Gasteiger partial charge < -0.3 is 10.6 Å². The van der Waals surface area contributed by atoms with Crippen LogP contribution in [0.5, 0.6) is 0 Å². The largest absolute Gasteiger partial charge is 0.416 e. The number of nitrogens with zero attached hydrogens (tertiary/aromatic N) is 4. The normalized spacial score (nSPS) is 11.3. The molecule has 0 aliphatic rings. The zero-order valence-electron chi connectivity index (χ0n) is 14.9. The van der Waals surface area contributed by atoms with Gasteiger partial charge in [-0.25, -0.2) is 4.68 Å². The van der Waals surface area contributed by atoms with Gasteiger partial charge in [0.1, 0.15) is 0 Å². The Morgan fingerprint density at radius 2 is 1.93 bits per heavy atom. The van der Waals surface area contributed by atoms with Gasteiger partial charge in [-0.15, -0.1) is 5.10 Å². The van der Waals surface area contributed by atoms with Crippen molar-refractivity contribution in [2.24, 2.45) is 0 Å². The predicted molar refractivity (Wildman–Crippen MR) is 96.7 cm³/mol. The smallest absolute Gasteiger partial charge is 0.359 e. The molecule has 0 aliphatic carbocycles. The third kappa shape index (κ3) is 4.64. The zero-order valence-corrected chi connectivity index (χ0v) is 14.9. The summed E-state index contributed by atoms with van der Waals surface area (Å²) >= 11 is 0. The highest BCUT2D eigenvalue weighted by atomic mass is 19.4. The summed E-state index contributed by atoms with van der Waals surface area (Å²) in [4.78, 5) is 19.9. The summed E-state index contributed by atoms with van der Waals surface area (Å²) in [6, 6.07) is 8.23. The second kappa shape index (κ2) is 8.07. The van der Waals surface area contributed by atoms with Crippen LogP contribution in [0.1, 0.15) is 12.0 Å². The quantitative estimate of drug-likeness (QED) is 0.675. The van der Waals surface area contributed by atoms with Gasteiger partial charge in [0.05, 0.1) is 12.1 Å². The Hall–Kier alpha value is -3.43. The van der Waals surface area contributed by atoms with Crippen molar-refractivity contribution in [2.45, 2.75) is 19.1 Å². The molecule has 7 nitrogen and oxygen atoms in total. The van der Waals surface area contributed by atoms with Crippen LogP contribution in [0.4, 0.5) is 24.8 Å². The second-order valence-electron chi connectivity index (χ2n) is 5.84. The Bertz CT molecular complexity index is 955. The zero-order chi connectivity index (χ0) is 20.1. The Morgan fingerprint density at radius 3 is 2.61 bits per heavy atom. The van der Waals surface area contributed by atoms with E-state index in [1.54, 1.807) is 24.5 Å². The number of hydrogen-bond acceptors (Lipinski definition) is 5. The molecule has 0 spiro atoms. The molecule has 28 heavy (non-hydrogen) atoms. The van der Waals surface area contributed by atoms with Crippen molar-refractivity contribution in [2.75, 3.05) is 12.4 Å². The molecule has 0 radical (unpaired) electrons. The molecule has 0 saturated carbocycles. The number of carbonyl (C=O) groups excluding carboxylic acids is 1. The molecule has 0 bridgehead atoms. The van der Waals surface area contributed by atoms with Gasteiger partial charge in [0.15, 0.2) is 5.82 Å². The molecule has 0 saturated heterocycles. The number of nitrogens with one attached hydrogen (secondary N) is 2. The molecule has 10 heteroatoms. The molecule has 146 valence electrons. The number of amides is 1. The minimum Gasteiger partial charge on any atom is -0.359 e. The van der Waals surface area contributed by atoms with Crippen molar-refractivity contribution in [3.8, 4) is 11.4 Å². The minimum absolute atomic E-state index is 0.128. The van der Waals surface area contributed by atoms with Crippen molar-refractivity contribution < 1.29 is 18.0 Å². The van der Waals surface area contributed by atoms with E-state index >= 15 is 0 Å². The summed E-state index contributed by atoms with van der Waals surface area (Å²) in [6.45, 7) is 0.259. The van der Waals surface area contributed by atoms with Crippen LogP contribution in [-0.2, 0) is 17.5 Å². The fourth-order valence-electron chi connectivity index (χ4n) is 2.50. The van der Waals surface area contributed by atoms with Crippen molar-refractivity contribution in [3.05, 3.63) is 54.4 Å². The van der Waals surface area contributed by atoms with Crippen LogP contribution < -0.4 is 10.6 Å². The van der Waals surface area contributed by atoms with E-state index in [4.69, 9.17) is 0 Å². The molecular weight excluding hydrogens is 373 g/mol. The maximum Gasteiger partial charge on any atom is 0.416 e. The maximum atomic E-state index is 12.9. The van der Waals surface area contributed by atoms with E-state index in [9.17, 15) is 18.0 Å². The molecule has 0 aliphatic heterocycles. The van der Waals surface area contributed by atoms with Crippen molar-refractivity contribution >= 4 is 17.5 Å². The van der Waals surface area contributed by atoms with Gasteiger partial charge in [0, 0.05) is 37.1 Å². The Morgan fingerprint density at radius 1 is 1.18 bits per heavy atom. The van der Waals surface area contributed by atoms with Gasteiger partial charge in [-0.3, -0.25) is 9.78 Å². The molecular formula is C18H17F3N6O. The summed E-state index contributed by atoms with van der Waals surface area (Å²) in [6.07, 6.45) is -1.08. The summed E-state index contributed by atoms with van der Waals surface area (Å²) in [5, 5.41) is 9.61. The lowest BCUT2D eigenvalue weighted by Gasteiger charge is -2.08. The lowest BCUT2D eigenvalue weighted by Crippen LogP contribution is -2.20. The monoisotopic (exact) mass is 390 g/mol. The van der Waals surface area contributed by atoms with Crippen molar-refractivity contribution in [1.82, 2.24) is 25.1 Å². The molecule has 1 aromatic carbocycles. The van der Waals surface area contributed by atoms with Crippen LogP contribution in [-0.4, -0.2) is 32.7 Å². The molecule has 2 N–H and O–H groups in total. The topological polar surface area (TPSA) is 84.7 Å². The van der Waals surface area contributed by atoms with Crippen molar-refractivity contribution in [3.63, 3.8) is 0 Å². The van der Waals surface area contributed by atoms with Gasteiger partial charge in [0.25, 0.3) is 0 Å². The third-order valence-corrected chi connectivity index (χ3v) is 3.89. The van der Waals surface area contributed by atoms with E-state index in [2.05, 4.69) is 25.7 Å². The number of carbonyl (C=O) groups is 1. The molecule has 0 fully saturated rings. The molecule has 3 aromatic rings. The van der Waals surface area contributed by atoms with E-state index in [1.807, 2.05) is 0 Å². The summed E-state index contributed by atoms with van der Waals surface area (Å²) in [5.41, 5.74) is 0.155. The first-order chi connectivity index (χ1) is 13.4. The number of anilines is 2. The minimum atomic E-state index is -4.44. The third-order valence-electron chi connectivity index (χ3n) is 3.89. The van der Waals surface area contributed by atoms with Crippen LogP contribution in [0.3, 0.4) is 0 Å². The number of aryl methyl sites for hydroxylation is 1. The number of hydrogen-bond donors (Lipinski definition) is 2. The first kappa shape index (κ1) is 19.3. The number of aromatic nitrogens is 4. The molecule has 1 amide bonds. The highest BCUT2D eigenvalue weighted by Crippen LogP contribution is 2.31. The van der Waals surface area contributed by atoms with E-state index < -0.39 is 11.7 Å². The van der Waals surface area contributed by atoms with Crippen LogP contribution in [0.2, 0.25) is 0 Å². The highest BCUT2D eigenvalue weighted by Gasteiger charge is 2.30. The lowest BCUT2D eigenvalue weighted by molar-refractivity contribution is -0.137. The molecule has 0 unspecified atom stereocenters. The lowest BCUT2D eigenvalue weighted by atomic mass is 10.2. The first-order valence-corrected chi connectivity index (χ1v) is 8.37. The van der Waals surface area contributed by atoms with Crippen molar-refractivity contribution in [1.29, 1.82) is 0 Å². The van der Waals surface area contributed by atoms with Gasteiger partial charge in [-0.05, 0) is 30.3 Å². The summed E-state index contributed by atoms with van der Waals surface area (Å²) < 4.78 is 40.2. The SMILES string of the molecule is CNC(=O)CCn1nc(Nc2cccc(C(F)(F)F)c2)nc1-c1ccncc1. The fourth-order valence-corrected chi connectivity index (χ4v) is 2.50. The molecule has 2 heterocycles. The van der Waals surface area contributed by atoms with Gasteiger partial charge >= 0.3 is 6.18 Å². The van der Waals surface area contributed by atoms with Crippen LogP contribution in [0, 0.1) is 0 Å². The number of halogens is 3. The average Bonchev–Trinajstić information content (AvgIpc) is 3.09. The van der Waals surface area contributed by atoms with Gasteiger partial charge in [-0.2, -0.15) is 18.2 Å². The van der Waals surface area contributed by atoms with E-state index in [-0.39, 0.29) is 30.5 Å². The number of rotatable bonds is 6.